The van der Waals surface area contributed by atoms with Crippen molar-refractivity contribution in [1.29, 1.82) is 0 Å². The summed E-state index contributed by atoms with van der Waals surface area (Å²) in [4.78, 5) is 24.7. The summed E-state index contributed by atoms with van der Waals surface area (Å²) >= 11 is 0. The predicted molar refractivity (Wildman–Crippen MR) is 42.5 cm³/mol. The van der Waals surface area contributed by atoms with Gasteiger partial charge in [-0.3, -0.25) is 0 Å². The molecular weight excluding hydrogens is 230 g/mol. The van der Waals surface area contributed by atoms with Gasteiger partial charge in [0.25, 0.3) is 0 Å². The molecule has 0 aliphatic rings. The summed E-state index contributed by atoms with van der Waals surface area (Å²) in [7, 11) is -9.89. The third-order valence-electron chi connectivity index (χ3n) is 0.502. The maximum absolute atomic E-state index is 10.5. The Morgan fingerprint density at radius 3 is 2.00 bits per heavy atom. The largest absolute Gasteiger partial charge is 0.478 e. The second-order valence-corrected chi connectivity index (χ2v) is 7.37. The number of hydrogen-bond donors (Lipinski definition) is 3. The molecule has 0 aromatic carbocycles. The topological polar surface area (TPSA) is 113 Å². The molecule has 0 aliphatic heterocycles. The van der Waals surface area contributed by atoms with E-state index in [0.29, 0.717) is 9.76 Å². The summed E-state index contributed by atoms with van der Waals surface area (Å²) in [6.45, 7) is 0. The van der Waals surface area contributed by atoms with Gasteiger partial charge in [0.15, 0.2) is 9.28 Å². The Labute approximate surface area is 67.7 Å². The Bertz CT molecular complexity index is 204. The van der Waals surface area contributed by atoms with Crippen molar-refractivity contribution < 1.29 is 32.3 Å². The number of rotatable bonds is 4. The lowest BCUT2D eigenvalue weighted by Gasteiger charge is -2.10. The zero-order valence-electron chi connectivity index (χ0n) is 5.58. The summed E-state index contributed by atoms with van der Waals surface area (Å²) in [6.07, 6.45) is 0. The van der Waals surface area contributed by atoms with E-state index in [1.54, 1.807) is 0 Å². The van der Waals surface area contributed by atoms with Crippen LogP contribution in [0.5, 0.6) is 0 Å². The van der Waals surface area contributed by atoms with Crippen LogP contribution in [-0.4, -0.2) is 33.7 Å². The van der Waals surface area contributed by atoms with Crippen LogP contribution in [0, 0.1) is 0 Å². The average molecular weight is 238 g/mol. The fraction of sp³-hybridized carbons (Fsp3) is 0. The van der Waals surface area contributed by atoms with E-state index in [9.17, 15) is 9.13 Å². The van der Waals surface area contributed by atoms with Crippen molar-refractivity contribution in [3.63, 3.8) is 0 Å². The van der Waals surface area contributed by atoms with Gasteiger partial charge in [-0.15, -0.1) is 0 Å². The predicted octanol–water partition coefficient (Wildman–Crippen LogP) is -2.42. The maximum atomic E-state index is 10.5. The number of phosphoric acid groups is 2. The normalized spacial score (nSPS) is 19.2. The molecule has 0 aliphatic carbocycles. The minimum absolute atomic E-state index is 0.613. The molecule has 0 aromatic rings. The van der Waals surface area contributed by atoms with Gasteiger partial charge in [-0.1, -0.05) is 0 Å². The van der Waals surface area contributed by atoms with E-state index in [0.717, 1.165) is 0 Å². The van der Waals surface area contributed by atoms with Crippen LogP contribution in [0.15, 0.2) is 0 Å². The molecule has 0 bridgehead atoms. The van der Waals surface area contributed by atoms with Crippen LogP contribution < -0.4 is 0 Å². The molecule has 1 unspecified atom stereocenters. The lowest BCUT2D eigenvalue weighted by molar-refractivity contribution is 0.232. The SMILES string of the molecule is O=P(O)(O)OP(=O)(O)O[SiH2][SiH3]. The second-order valence-electron chi connectivity index (χ2n) is 1.46. The number of hydrogen-bond acceptors (Lipinski definition) is 4. The summed E-state index contributed by atoms with van der Waals surface area (Å²) in [5.74, 6) is 0. The minimum atomic E-state index is -4.92. The Morgan fingerprint density at radius 1 is 1.27 bits per heavy atom. The third-order valence-corrected chi connectivity index (χ3v) is 6.84. The summed E-state index contributed by atoms with van der Waals surface area (Å²) < 4.78 is 28.2. The van der Waals surface area contributed by atoms with E-state index in [4.69, 9.17) is 14.7 Å². The van der Waals surface area contributed by atoms with Gasteiger partial charge in [0.05, 0.1) is 0 Å². The van der Waals surface area contributed by atoms with Crippen molar-refractivity contribution in [2.45, 2.75) is 0 Å². The van der Waals surface area contributed by atoms with Crippen LogP contribution in [-0.2, 0) is 17.7 Å². The van der Waals surface area contributed by atoms with Crippen LogP contribution >= 0.6 is 15.6 Å². The quantitative estimate of drug-likeness (QED) is 0.369. The van der Waals surface area contributed by atoms with E-state index in [1.165, 1.54) is 0 Å². The fourth-order valence-electron chi connectivity index (χ4n) is 0.321. The van der Waals surface area contributed by atoms with E-state index in [1.807, 2.05) is 0 Å². The zero-order chi connectivity index (χ0) is 9.12. The van der Waals surface area contributed by atoms with E-state index in [-0.39, 0.29) is 0 Å². The first-order valence-corrected chi connectivity index (χ1v) is 11.8. The van der Waals surface area contributed by atoms with E-state index < -0.39 is 24.9 Å². The highest BCUT2D eigenvalue weighted by Crippen LogP contribution is 2.56. The van der Waals surface area contributed by atoms with Crippen LogP contribution in [0.4, 0.5) is 0 Å². The highest BCUT2D eigenvalue weighted by atomic mass is 31.3. The Hall–Kier alpha value is 0.694. The highest BCUT2D eigenvalue weighted by molar-refractivity contribution is 7.61. The van der Waals surface area contributed by atoms with Gasteiger partial charge in [0.1, 0.15) is 0 Å². The molecule has 3 N–H and O–H groups in total. The van der Waals surface area contributed by atoms with Gasteiger partial charge in [-0.05, 0) is 0 Å². The second kappa shape index (κ2) is 4.08. The monoisotopic (exact) mass is 238 g/mol. The lowest BCUT2D eigenvalue weighted by Crippen LogP contribution is -1.98. The molecule has 0 rings (SSSR count). The van der Waals surface area contributed by atoms with Gasteiger partial charge in [0.2, 0.25) is 0 Å². The van der Waals surface area contributed by atoms with Gasteiger partial charge < -0.3 is 18.9 Å². The lowest BCUT2D eigenvalue weighted by atomic mass is 15.7. The first kappa shape index (κ1) is 11.7. The van der Waals surface area contributed by atoms with Crippen LogP contribution in [0.1, 0.15) is 0 Å². The summed E-state index contributed by atoms with van der Waals surface area (Å²) in [6, 6.07) is 0. The van der Waals surface area contributed by atoms with Gasteiger partial charge >= 0.3 is 15.6 Å². The molecule has 11 heavy (non-hydrogen) atoms. The standard InChI is InChI=1S/H8O7P2Si2/c1-8(2,3)6-9(4,5)7-11-10/h11H2,10H3,(H,4,5)(H2,1,2,3). The highest BCUT2D eigenvalue weighted by Gasteiger charge is 2.30. The van der Waals surface area contributed by atoms with Crippen molar-refractivity contribution in [3.05, 3.63) is 0 Å². The molecule has 0 spiro atoms. The van der Waals surface area contributed by atoms with Gasteiger partial charge in [0, 0.05) is 9.76 Å². The van der Waals surface area contributed by atoms with Crippen molar-refractivity contribution in [3.8, 4) is 0 Å². The smallest absolute Gasteiger partial charge is 0.342 e. The molecular formula is H8O7P2Si2. The van der Waals surface area contributed by atoms with E-state index >= 15 is 0 Å². The van der Waals surface area contributed by atoms with Crippen molar-refractivity contribution in [2.75, 3.05) is 0 Å². The van der Waals surface area contributed by atoms with Crippen LogP contribution in [0.2, 0.25) is 0 Å². The third kappa shape index (κ3) is 7.07. The van der Waals surface area contributed by atoms with Crippen molar-refractivity contribution in [1.82, 2.24) is 0 Å². The maximum Gasteiger partial charge on any atom is 0.478 e. The molecule has 68 valence electrons. The van der Waals surface area contributed by atoms with Gasteiger partial charge in [-0.25, -0.2) is 9.13 Å². The molecule has 0 fully saturated rings. The Kier molecular flexibility index (Phi) is 4.34. The van der Waals surface area contributed by atoms with E-state index in [2.05, 4.69) is 8.52 Å². The molecule has 0 amide bonds. The zero-order valence-corrected chi connectivity index (χ0v) is 10.8. The molecule has 1 atom stereocenters. The molecule has 0 aromatic heterocycles. The van der Waals surface area contributed by atoms with Crippen molar-refractivity contribution >= 4 is 34.7 Å². The first-order valence-electron chi connectivity index (χ1n) is 2.51. The molecule has 0 saturated heterocycles. The van der Waals surface area contributed by atoms with Crippen LogP contribution in [0.3, 0.4) is 0 Å². The van der Waals surface area contributed by atoms with Gasteiger partial charge in [-0.2, -0.15) is 4.31 Å². The van der Waals surface area contributed by atoms with Crippen molar-refractivity contribution in [2.24, 2.45) is 0 Å². The summed E-state index contributed by atoms with van der Waals surface area (Å²) in [5, 5.41) is 0. The minimum Gasteiger partial charge on any atom is -0.342 e. The van der Waals surface area contributed by atoms with Crippen LogP contribution in [0.25, 0.3) is 0 Å². The molecule has 7 nitrogen and oxygen atoms in total. The summed E-state index contributed by atoms with van der Waals surface area (Å²) in [5.41, 5.74) is 0. The fourth-order valence-corrected chi connectivity index (χ4v) is 6.25. The first-order chi connectivity index (χ1) is 4.77. The Morgan fingerprint density at radius 2 is 1.73 bits per heavy atom. The molecule has 0 heterocycles. The Balaban J connectivity index is 4.14. The molecule has 0 saturated carbocycles. The molecule has 0 radical (unpaired) electrons. The average Bonchev–Trinajstić information content (AvgIpc) is 1.55. The molecule has 11 heteroatoms.